The molecule has 0 aliphatic carbocycles. The minimum atomic E-state index is 0.209. The maximum Gasteiger partial charge on any atom is 0.0761 e. The number of rotatable bonds is 6. The smallest absolute Gasteiger partial charge is 0.0761 e. The first-order chi connectivity index (χ1) is 11.9. The molecule has 0 aliphatic heterocycles. The number of nitrogens with two attached hydrogens (primary N) is 1. The predicted octanol–water partition coefficient (Wildman–Crippen LogP) is 5.64. The van der Waals surface area contributed by atoms with E-state index in [0.29, 0.717) is 6.54 Å². The third kappa shape index (κ3) is 7.49. The molecule has 0 atom stereocenters. The Hall–Kier alpha value is -1.52. The molecule has 25 heavy (non-hydrogen) atoms. The van der Waals surface area contributed by atoms with Crippen LogP contribution in [0.3, 0.4) is 0 Å². The number of aromatic nitrogens is 2. The predicted molar refractivity (Wildman–Crippen MR) is 111 cm³/mol. The first kappa shape index (κ1) is 21.5. The first-order valence-corrected chi connectivity index (χ1v) is 9.96. The Balaban J connectivity index is 0.00000151. The second-order valence-corrected chi connectivity index (χ2v) is 7.83. The number of nitrogens with zero attached hydrogens (tertiary/aromatic N) is 2. The fraction of sp³-hybridized carbons (Fsp3) is 0.476. The molecular weight excluding hydrogens is 326 g/mol. The molecular formula is C21H33N3S. The van der Waals surface area contributed by atoms with E-state index in [4.69, 9.17) is 5.73 Å². The van der Waals surface area contributed by atoms with Crippen LogP contribution in [0.25, 0.3) is 6.08 Å². The van der Waals surface area contributed by atoms with E-state index in [1.807, 2.05) is 18.5 Å². The van der Waals surface area contributed by atoms with Gasteiger partial charge in [0, 0.05) is 17.6 Å². The lowest BCUT2D eigenvalue weighted by molar-refractivity contribution is 0.547. The Morgan fingerprint density at radius 1 is 1.16 bits per heavy atom. The molecule has 4 heteroatoms. The standard InChI is InChI=1S/C19H27N3S.C2H6/c1-5-17-18(14-22(21-17)13-12-20)23-16-8-6-15(7-9-16)10-11-19(2,3)4;1-2/h6-11,14H,5,12-13,20H2,1-4H3;1-2H3/b11-10+;. The number of hydrogen-bond donors (Lipinski definition) is 1. The van der Waals surface area contributed by atoms with Crippen LogP contribution in [0.4, 0.5) is 0 Å². The van der Waals surface area contributed by atoms with Crippen molar-refractivity contribution in [1.29, 1.82) is 0 Å². The zero-order valence-corrected chi connectivity index (χ0v) is 17.4. The molecule has 0 radical (unpaired) electrons. The van der Waals surface area contributed by atoms with Crippen LogP contribution in [0.15, 0.2) is 46.3 Å². The van der Waals surface area contributed by atoms with E-state index < -0.39 is 0 Å². The Bertz CT molecular complexity index is 649. The van der Waals surface area contributed by atoms with Crippen LogP contribution in [0, 0.1) is 5.41 Å². The molecule has 0 amide bonds. The minimum absolute atomic E-state index is 0.209. The molecule has 1 heterocycles. The van der Waals surface area contributed by atoms with Crippen LogP contribution in [0.1, 0.15) is 52.8 Å². The quantitative estimate of drug-likeness (QED) is 0.725. The van der Waals surface area contributed by atoms with E-state index in [2.05, 4.69) is 75.4 Å². The van der Waals surface area contributed by atoms with E-state index in [-0.39, 0.29) is 5.41 Å². The van der Waals surface area contributed by atoms with Crippen LogP contribution >= 0.6 is 11.8 Å². The van der Waals surface area contributed by atoms with Crippen LogP contribution in [0.5, 0.6) is 0 Å². The van der Waals surface area contributed by atoms with Crippen LogP contribution in [-0.4, -0.2) is 16.3 Å². The molecule has 0 unspecified atom stereocenters. The molecule has 1 aromatic heterocycles. The van der Waals surface area contributed by atoms with Crippen molar-refractivity contribution >= 4 is 17.8 Å². The average Bonchev–Trinajstić information content (AvgIpc) is 2.97. The molecule has 0 aliphatic rings. The lowest BCUT2D eigenvalue weighted by Crippen LogP contribution is -2.10. The summed E-state index contributed by atoms with van der Waals surface area (Å²) in [6.45, 7) is 14.1. The number of benzene rings is 1. The van der Waals surface area contributed by atoms with Crippen molar-refractivity contribution in [2.24, 2.45) is 11.1 Å². The topological polar surface area (TPSA) is 43.8 Å². The summed E-state index contributed by atoms with van der Waals surface area (Å²) in [4.78, 5) is 2.46. The zero-order chi connectivity index (χ0) is 18.9. The van der Waals surface area contributed by atoms with Crippen molar-refractivity contribution < 1.29 is 0 Å². The summed E-state index contributed by atoms with van der Waals surface area (Å²) in [5.74, 6) is 0. The Morgan fingerprint density at radius 3 is 2.32 bits per heavy atom. The summed E-state index contributed by atoms with van der Waals surface area (Å²) in [6, 6.07) is 8.68. The van der Waals surface area contributed by atoms with E-state index in [0.717, 1.165) is 18.7 Å². The number of aryl methyl sites for hydroxylation is 1. The van der Waals surface area contributed by atoms with Gasteiger partial charge < -0.3 is 5.73 Å². The lowest BCUT2D eigenvalue weighted by Gasteiger charge is -2.11. The fourth-order valence-corrected chi connectivity index (χ4v) is 3.14. The van der Waals surface area contributed by atoms with Gasteiger partial charge in [-0.3, -0.25) is 4.68 Å². The maximum atomic E-state index is 5.62. The van der Waals surface area contributed by atoms with Crippen LogP contribution in [-0.2, 0) is 13.0 Å². The van der Waals surface area contributed by atoms with Crippen molar-refractivity contribution in [1.82, 2.24) is 9.78 Å². The van der Waals surface area contributed by atoms with Gasteiger partial charge in [-0.15, -0.1) is 0 Å². The van der Waals surface area contributed by atoms with Gasteiger partial charge in [-0.25, -0.2) is 0 Å². The van der Waals surface area contributed by atoms with Gasteiger partial charge in [0.25, 0.3) is 0 Å². The summed E-state index contributed by atoms with van der Waals surface area (Å²) >= 11 is 1.77. The van der Waals surface area contributed by atoms with Gasteiger partial charge in [0.05, 0.1) is 17.1 Å². The fourth-order valence-electron chi connectivity index (χ4n) is 2.14. The zero-order valence-electron chi connectivity index (χ0n) is 16.5. The van der Waals surface area contributed by atoms with Crippen molar-refractivity contribution in [2.75, 3.05) is 6.54 Å². The van der Waals surface area contributed by atoms with Crippen molar-refractivity contribution in [2.45, 2.75) is 64.3 Å². The van der Waals surface area contributed by atoms with Crippen molar-refractivity contribution in [3.8, 4) is 0 Å². The van der Waals surface area contributed by atoms with E-state index in [9.17, 15) is 0 Å². The van der Waals surface area contributed by atoms with E-state index in [1.165, 1.54) is 15.4 Å². The summed E-state index contributed by atoms with van der Waals surface area (Å²) in [6.07, 6.45) is 7.46. The van der Waals surface area contributed by atoms with Gasteiger partial charge in [0.2, 0.25) is 0 Å². The highest BCUT2D eigenvalue weighted by molar-refractivity contribution is 7.99. The molecule has 0 saturated carbocycles. The largest absolute Gasteiger partial charge is 0.329 e. The Kier molecular flexibility index (Phi) is 9.01. The van der Waals surface area contributed by atoms with Gasteiger partial charge in [-0.1, -0.05) is 77.6 Å². The van der Waals surface area contributed by atoms with Crippen LogP contribution in [0.2, 0.25) is 0 Å². The highest BCUT2D eigenvalue weighted by Crippen LogP contribution is 2.30. The second-order valence-electron chi connectivity index (χ2n) is 6.72. The SMILES string of the molecule is CC.CCc1nn(CCN)cc1Sc1ccc(/C=C/C(C)(C)C)cc1. The highest BCUT2D eigenvalue weighted by atomic mass is 32.2. The molecule has 0 fully saturated rings. The van der Waals surface area contributed by atoms with E-state index in [1.54, 1.807) is 11.8 Å². The molecule has 0 spiro atoms. The molecule has 2 N–H and O–H groups in total. The average molecular weight is 360 g/mol. The lowest BCUT2D eigenvalue weighted by atomic mass is 9.95. The maximum absolute atomic E-state index is 5.62. The third-order valence-corrected chi connectivity index (χ3v) is 4.45. The van der Waals surface area contributed by atoms with Gasteiger partial charge in [-0.05, 0) is 29.5 Å². The van der Waals surface area contributed by atoms with Gasteiger partial charge in [-0.2, -0.15) is 5.10 Å². The minimum Gasteiger partial charge on any atom is -0.329 e. The first-order valence-electron chi connectivity index (χ1n) is 9.15. The monoisotopic (exact) mass is 359 g/mol. The summed E-state index contributed by atoms with van der Waals surface area (Å²) in [5.41, 5.74) is 8.20. The van der Waals surface area contributed by atoms with Crippen molar-refractivity contribution in [3.05, 3.63) is 47.8 Å². The third-order valence-electron chi connectivity index (χ3n) is 3.38. The molecule has 2 aromatic rings. The second kappa shape index (κ2) is 10.5. The Morgan fingerprint density at radius 2 is 1.80 bits per heavy atom. The number of hydrogen-bond acceptors (Lipinski definition) is 3. The van der Waals surface area contributed by atoms with E-state index >= 15 is 0 Å². The number of allylic oxidation sites excluding steroid dienone is 1. The Labute approximate surface area is 157 Å². The summed E-state index contributed by atoms with van der Waals surface area (Å²) in [7, 11) is 0. The highest BCUT2D eigenvalue weighted by Gasteiger charge is 2.09. The molecule has 138 valence electrons. The van der Waals surface area contributed by atoms with Crippen LogP contribution < -0.4 is 5.73 Å². The van der Waals surface area contributed by atoms with Gasteiger partial charge in [0.1, 0.15) is 0 Å². The van der Waals surface area contributed by atoms with Gasteiger partial charge in [0.15, 0.2) is 0 Å². The summed E-state index contributed by atoms with van der Waals surface area (Å²) < 4.78 is 1.95. The molecule has 1 aromatic carbocycles. The summed E-state index contributed by atoms with van der Waals surface area (Å²) in [5, 5.41) is 4.59. The molecule has 0 bridgehead atoms. The molecule has 3 nitrogen and oxygen atoms in total. The normalized spacial score (nSPS) is 11.5. The molecule has 0 saturated heterocycles. The van der Waals surface area contributed by atoms with Gasteiger partial charge >= 0.3 is 0 Å². The molecule has 2 rings (SSSR count). The van der Waals surface area contributed by atoms with Crippen molar-refractivity contribution in [3.63, 3.8) is 0 Å².